The highest BCUT2D eigenvalue weighted by atomic mass is 127. The Labute approximate surface area is 104 Å². The highest BCUT2D eigenvalue weighted by Crippen LogP contribution is 2.32. The molecule has 2 rings (SSSR count). The molecule has 2 aromatic heterocycles. The number of anilines is 1. The van der Waals surface area contributed by atoms with Crippen LogP contribution in [0.25, 0.3) is 5.52 Å². The van der Waals surface area contributed by atoms with E-state index in [1.54, 1.807) is 23.0 Å². The number of rotatable bonds is 2. The fourth-order valence-corrected chi connectivity index (χ4v) is 2.05. The molecule has 2 aromatic rings. The largest absolute Gasteiger partial charge is 0.492 e. The number of hydrogen-bond donors (Lipinski definition) is 2. The standard InChI is InChI=1S/C9H8IN3O3/c1-16-8-6(12-9(14)15)2-3-13-7(8)5(10)4-11-13/h2-4,12H,1H3,(H,14,15). The normalized spacial score (nSPS) is 10.4. The fourth-order valence-electron chi connectivity index (χ4n) is 1.44. The number of aromatic nitrogens is 2. The second kappa shape index (κ2) is 4.16. The van der Waals surface area contributed by atoms with E-state index < -0.39 is 6.09 Å². The maximum Gasteiger partial charge on any atom is 0.409 e. The van der Waals surface area contributed by atoms with Crippen LogP contribution in [-0.4, -0.2) is 27.9 Å². The molecular formula is C9H8IN3O3. The third-order valence-corrected chi connectivity index (χ3v) is 2.83. The zero-order chi connectivity index (χ0) is 11.7. The van der Waals surface area contributed by atoms with Gasteiger partial charge in [-0.3, -0.25) is 5.32 Å². The minimum atomic E-state index is -1.13. The van der Waals surface area contributed by atoms with E-state index in [0.717, 1.165) is 9.09 Å². The van der Waals surface area contributed by atoms with Crippen molar-refractivity contribution in [3.8, 4) is 5.75 Å². The molecule has 0 radical (unpaired) electrons. The molecule has 0 saturated heterocycles. The molecule has 0 fully saturated rings. The number of nitrogens with one attached hydrogen (secondary N) is 1. The summed E-state index contributed by atoms with van der Waals surface area (Å²) < 4.78 is 7.73. The summed E-state index contributed by atoms with van der Waals surface area (Å²) in [5, 5.41) is 15.1. The number of amides is 1. The summed E-state index contributed by atoms with van der Waals surface area (Å²) in [5.74, 6) is 0.465. The van der Waals surface area contributed by atoms with Crippen LogP contribution >= 0.6 is 22.6 Å². The van der Waals surface area contributed by atoms with Crippen LogP contribution in [0.5, 0.6) is 5.75 Å². The van der Waals surface area contributed by atoms with Crippen molar-refractivity contribution in [3.05, 3.63) is 22.0 Å². The van der Waals surface area contributed by atoms with E-state index in [2.05, 4.69) is 33.0 Å². The molecule has 0 aromatic carbocycles. The first-order chi connectivity index (χ1) is 7.63. The number of carbonyl (C=O) groups is 1. The number of hydrogen-bond acceptors (Lipinski definition) is 3. The van der Waals surface area contributed by atoms with Crippen LogP contribution in [0.1, 0.15) is 0 Å². The van der Waals surface area contributed by atoms with Gasteiger partial charge >= 0.3 is 6.09 Å². The van der Waals surface area contributed by atoms with E-state index in [1.807, 2.05) is 0 Å². The highest BCUT2D eigenvalue weighted by molar-refractivity contribution is 14.1. The Morgan fingerprint density at radius 2 is 2.44 bits per heavy atom. The van der Waals surface area contributed by atoms with Crippen LogP contribution in [0.4, 0.5) is 10.5 Å². The summed E-state index contributed by atoms with van der Waals surface area (Å²) in [6.07, 6.45) is 2.23. The minimum Gasteiger partial charge on any atom is -0.492 e. The summed E-state index contributed by atoms with van der Waals surface area (Å²) in [6.45, 7) is 0. The van der Waals surface area contributed by atoms with Gasteiger partial charge in [-0.15, -0.1) is 0 Å². The first-order valence-corrected chi connectivity index (χ1v) is 5.41. The van der Waals surface area contributed by atoms with Crippen molar-refractivity contribution in [3.63, 3.8) is 0 Å². The van der Waals surface area contributed by atoms with Gasteiger partial charge in [0.25, 0.3) is 0 Å². The number of pyridine rings is 1. The first kappa shape index (κ1) is 11.0. The third-order valence-electron chi connectivity index (χ3n) is 2.04. The molecular weight excluding hydrogens is 325 g/mol. The molecule has 0 aliphatic carbocycles. The van der Waals surface area contributed by atoms with E-state index >= 15 is 0 Å². The molecule has 2 N–H and O–H groups in total. The number of carboxylic acid groups (broad SMARTS) is 1. The SMILES string of the molecule is COc1c(NC(=O)O)ccn2ncc(I)c12. The van der Waals surface area contributed by atoms with Crippen LogP contribution in [0.3, 0.4) is 0 Å². The van der Waals surface area contributed by atoms with Crippen LogP contribution in [-0.2, 0) is 0 Å². The van der Waals surface area contributed by atoms with Gasteiger partial charge in [0.05, 0.1) is 22.6 Å². The average Bonchev–Trinajstić information content (AvgIpc) is 2.60. The van der Waals surface area contributed by atoms with Crippen molar-refractivity contribution in [2.24, 2.45) is 0 Å². The molecule has 2 heterocycles. The van der Waals surface area contributed by atoms with E-state index in [1.165, 1.54) is 7.11 Å². The second-order valence-corrected chi connectivity index (χ2v) is 4.14. The zero-order valence-corrected chi connectivity index (χ0v) is 10.4. The summed E-state index contributed by atoms with van der Waals surface area (Å²) in [7, 11) is 1.49. The van der Waals surface area contributed by atoms with Gasteiger partial charge in [0.1, 0.15) is 5.52 Å². The van der Waals surface area contributed by atoms with Crippen molar-refractivity contribution in [2.75, 3.05) is 12.4 Å². The Bertz CT molecular complexity index is 552. The van der Waals surface area contributed by atoms with E-state index in [0.29, 0.717) is 11.4 Å². The van der Waals surface area contributed by atoms with Gasteiger partial charge in [-0.2, -0.15) is 5.10 Å². The lowest BCUT2D eigenvalue weighted by molar-refractivity contribution is 0.209. The number of fused-ring (bicyclic) bond motifs is 1. The fraction of sp³-hybridized carbons (Fsp3) is 0.111. The van der Waals surface area contributed by atoms with Crippen molar-refractivity contribution >= 4 is 39.9 Å². The molecule has 0 bridgehead atoms. The minimum absolute atomic E-state index is 0.404. The molecule has 84 valence electrons. The Balaban J connectivity index is 2.66. The summed E-state index contributed by atoms with van der Waals surface area (Å²) in [6, 6.07) is 1.60. The van der Waals surface area contributed by atoms with Gasteiger partial charge in [-0.25, -0.2) is 9.31 Å². The molecule has 6 nitrogen and oxygen atoms in total. The van der Waals surface area contributed by atoms with Crippen LogP contribution < -0.4 is 10.1 Å². The molecule has 0 unspecified atom stereocenters. The van der Waals surface area contributed by atoms with Gasteiger partial charge in [0.2, 0.25) is 0 Å². The predicted molar refractivity (Wildman–Crippen MR) is 66.1 cm³/mol. The molecule has 0 atom stereocenters. The second-order valence-electron chi connectivity index (χ2n) is 2.98. The van der Waals surface area contributed by atoms with E-state index in [-0.39, 0.29) is 0 Å². The van der Waals surface area contributed by atoms with Gasteiger partial charge < -0.3 is 9.84 Å². The topological polar surface area (TPSA) is 75.9 Å². The number of ether oxygens (including phenoxy) is 1. The third kappa shape index (κ3) is 1.77. The molecule has 0 spiro atoms. The Morgan fingerprint density at radius 3 is 3.06 bits per heavy atom. The maximum absolute atomic E-state index is 10.6. The lowest BCUT2D eigenvalue weighted by atomic mass is 10.3. The summed E-state index contributed by atoms with van der Waals surface area (Å²) in [5.41, 5.74) is 1.15. The van der Waals surface area contributed by atoms with Gasteiger partial charge in [0, 0.05) is 6.20 Å². The molecule has 7 heteroatoms. The van der Waals surface area contributed by atoms with E-state index in [4.69, 9.17) is 9.84 Å². The number of nitrogens with zero attached hydrogens (tertiary/aromatic N) is 2. The quantitative estimate of drug-likeness (QED) is 0.825. The Morgan fingerprint density at radius 1 is 1.69 bits per heavy atom. The van der Waals surface area contributed by atoms with Crippen molar-refractivity contribution < 1.29 is 14.6 Å². The molecule has 0 aliphatic heterocycles. The Hall–Kier alpha value is -1.51. The van der Waals surface area contributed by atoms with Crippen LogP contribution in [0, 0.1) is 3.57 Å². The highest BCUT2D eigenvalue weighted by Gasteiger charge is 2.13. The first-order valence-electron chi connectivity index (χ1n) is 4.33. The van der Waals surface area contributed by atoms with Gasteiger partial charge in [0.15, 0.2) is 5.75 Å². The molecule has 16 heavy (non-hydrogen) atoms. The smallest absolute Gasteiger partial charge is 0.409 e. The molecule has 0 aliphatic rings. The summed E-state index contributed by atoms with van der Waals surface area (Å²) >= 11 is 2.11. The Kier molecular flexibility index (Phi) is 2.86. The van der Waals surface area contributed by atoms with Gasteiger partial charge in [-0.05, 0) is 28.7 Å². The predicted octanol–water partition coefficient (Wildman–Crippen LogP) is 2.04. The van der Waals surface area contributed by atoms with E-state index in [9.17, 15) is 4.79 Å². The molecule has 0 saturated carbocycles. The van der Waals surface area contributed by atoms with Crippen molar-refractivity contribution in [2.45, 2.75) is 0 Å². The van der Waals surface area contributed by atoms with Crippen LogP contribution in [0.2, 0.25) is 0 Å². The number of halogens is 1. The average molecular weight is 333 g/mol. The van der Waals surface area contributed by atoms with Crippen molar-refractivity contribution in [1.82, 2.24) is 9.61 Å². The lowest BCUT2D eigenvalue weighted by Gasteiger charge is -2.09. The molecule has 1 amide bonds. The van der Waals surface area contributed by atoms with Crippen LogP contribution in [0.15, 0.2) is 18.5 Å². The van der Waals surface area contributed by atoms with Gasteiger partial charge in [-0.1, -0.05) is 0 Å². The lowest BCUT2D eigenvalue weighted by Crippen LogP contribution is -2.09. The zero-order valence-electron chi connectivity index (χ0n) is 8.27. The number of methoxy groups -OCH3 is 1. The summed E-state index contributed by atoms with van der Waals surface area (Å²) in [4.78, 5) is 10.6. The maximum atomic E-state index is 10.6. The van der Waals surface area contributed by atoms with Crippen molar-refractivity contribution in [1.29, 1.82) is 0 Å². The monoisotopic (exact) mass is 333 g/mol.